The second-order valence-electron chi connectivity index (χ2n) is 17.1. The van der Waals surface area contributed by atoms with Crippen molar-refractivity contribution in [1.29, 1.82) is 0 Å². The van der Waals surface area contributed by atoms with E-state index in [4.69, 9.17) is 53.1 Å². The number of alkyl halides is 6. The summed E-state index contributed by atoms with van der Waals surface area (Å²) in [6.45, 7) is 9.06. The first-order valence-electron chi connectivity index (χ1n) is 21.8. The van der Waals surface area contributed by atoms with Crippen molar-refractivity contribution in [2.45, 2.75) is 69.6 Å². The molecule has 2 aromatic rings. The summed E-state index contributed by atoms with van der Waals surface area (Å²) < 4.78 is 161. The SMILES string of the molecule is CO[Si](CC(C)CN(CC(C)C[Si](OC)(OC)OC)c1ccc(C(c2ccc(N(CC(C)C[Si](OC)(OC)OC)CC(C)C[Si](OC)(OC)OC)cc2)(C(F)(F)F)C(F)(F)F)cc1)(OC)OC. The van der Waals surface area contributed by atoms with Crippen LogP contribution in [0.4, 0.5) is 37.7 Å². The quantitative estimate of drug-likeness (QED) is 0.0514. The van der Waals surface area contributed by atoms with Gasteiger partial charge in [0.25, 0.3) is 0 Å². The molecule has 0 radical (unpaired) electrons. The van der Waals surface area contributed by atoms with Gasteiger partial charge in [-0.3, -0.25) is 0 Å². The summed E-state index contributed by atoms with van der Waals surface area (Å²) >= 11 is 0. The maximum absolute atomic E-state index is 15.6. The molecule has 0 fully saturated rings. The van der Waals surface area contributed by atoms with Gasteiger partial charge in [-0.05, 0) is 59.1 Å². The molecule has 2 rings (SSSR count). The van der Waals surface area contributed by atoms with E-state index in [9.17, 15) is 0 Å². The Hall–Kier alpha value is -1.99. The molecule has 4 unspecified atom stereocenters. The lowest BCUT2D eigenvalue weighted by Gasteiger charge is -2.39. The fourth-order valence-corrected chi connectivity index (χ4v) is 16.8. The van der Waals surface area contributed by atoms with Crippen LogP contribution < -0.4 is 9.80 Å². The molecule has 14 nitrogen and oxygen atoms in total. The minimum atomic E-state index is -5.81. The zero-order valence-corrected chi connectivity index (χ0v) is 46.1. The van der Waals surface area contributed by atoms with E-state index in [1.54, 1.807) is 0 Å². The van der Waals surface area contributed by atoms with Gasteiger partial charge >= 0.3 is 47.6 Å². The maximum atomic E-state index is 15.6. The van der Waals surface area contributed by atoms with Crippen molar-refractivity contribution in [1.82, 2.24) is 0 Å². The van der Waals surface area contributed by atoms with Crippen molar-refractivity contribution in [2.24, 2.45) is 23.7 Å². The first kappa shape index (κ1) is 61.1. The summed E-state index contributed by atoms with van der Waals surface area (Å²) in [4.78, 5) is 3.81. The Morgan fingerprint density at radius 2 is 0.537 bits per heavy atom. The van der Waals surface area contributed by atoms with Gasteiger partial charge in [0, 0.05) is 147 Å². The van der Waals surface area contributed by atoms with Gasteiger partial charge in [-0.2, -0.15) is 26.3 Å². The highest BCUT2D eigenvalue weighted by Gasteiger charge is 2.72. The molecular formula is C43H76F6N2O12Si4. The van der Waals surface area contributed by atoms with Gasteiger partial charge in [-0.25, -0.2) is 0 Å². The Morgan fingerprint density at radius 1 is 0.358 bits per heavy atom. The number of hydrogen-bond acceptors (Lipinski definition) is 14. The number of benzene rings is 2. The third-order valence-electron chi connectivity index (χ3n) is 12.4. The van der Waals surface area contributed by atoms with E-state index in [0.717, 1.165) is 24.3 Å². The molecule has 0 aromatic heterocycles. The fraction of sp³-hybridized carbons (Fsp3) is 0.721. The van der Waals surface area contributed by atoms with E-state index in [-0.39, 0.29) is 23.7 Å². The second kappa shape index (κ2) is 26.5. The molecule has 2 aromatic carbocycles. The Balaban J connectivity index is 2.78. The van der Waals surface area contributed by atoms with Gasteiger partial charge in [0.05, 0.1) is 0 Å². The molecule has 0 aliphatic carbocycles. The van der Waals surface area contributed by atoms with Crippen molar-refractivity contribution in [3.63, 3.8) is 0 Å². The smallest absolute Gasteiger partial charge is 0.377 e. The number of nitrogens with zero attached hydrogens (tertiary/aromatic N) is 2. The summed E-state index contributed by atoms with van der Waals surface area (Å²) in [5, 5.41) is 0. The number of halogens is 6. The van der Waals surface area contributed by atoms with E-state index >= 15 is 26.3 Å². The van der Waals surface area contributed by atoms with Crippen LogP contribution in [0.3, 0.4) is 0 Å². The maximum Gasteiger partial charge on any atom is 0.500 e. The number of rotatable bonds is 32. The summed E-state index contributed by atoms with van der Waals surface area (Å²) in [5.74, 6) is -0.629. The fourth-order valence-electron chi connectivity index (χ4n) is 8.87. The van der Waals surface area contributed by atoms with E-state index in [1.165, 1.54) is 110 Å². The zero-order chi connectivity index (χ0) is 51.1. The number of anilines is 2. The van der Waals surface area contributed by atoms with Crippen LogP contribution in [0.15, 0.2) is 48.5 Å². The Kier molecular flexibility index (Phi) is 24.1. The lowest BCUT2D eigenvalue weighted by Crippen LogP contribution is -2.54. The molecule has 24 heteroatoms. The molecule has 4 atom stereocenters. The highest BCUT2D eigenvalue weighted by molar-refractivity contribution is 6.61. The summed E-state index contributed by atoms with van der Waals surface area (Å²) in [6, 6.07) is 10.4. The first-order valence-corrected chi connectivity index (χ1v) is 29.6. The number of hydrogen-bond donors (Lipinski definition) is 0. The molecule has 0 amide bonds. The zero-order valence-electron chi connectivity index (χ0n) is 42.1. The van der Waals surface area contributed by atoms with Crippen LogP contribution in [-0.2, 0) is 58.5 Å². The first-order chi connectivity index (χ1) is 31.4. The third kappa shape index (κ3) is 15.0. The van der Waals surface area contributed by atoms with Gasteiger partial charge in [0.1, 0.15) is 0 Å². The molecule has 0 N–H and O–H groups in total. The lowest BCUT2D eigenvalue weighted by atomic mass is 9.72. The predicted octanol–water partition coefficient (Wildman–Crippen LogP) is 8.77. The molecule has 0 saturated heterocycles. The Bertz CT molecular complexity index is 1490. The molecule has 0 aliphatic heterocycles. The van der Waals surface area contributed by atoms with Crippen molar-refractivity contribution in [3.8, 4) is 0 Å². The monoisotopic (exact) mass is 1040 g/mol. The summed E-state index contributed by atoms with van der Waals surface area (Å²) in [5.41, 5.74) is -5.56. The van der Waals surface area contributed by atoms with E-state index in [2.05, 4.69) is 0 Å². The van der Waals surface area contributed by atoms with E-state index in [1.807, 2.05) is 37.5 Å². The molecule has 0 heterocycles. The average Bonchev–Trinajstić information content (AvgIpc) is 3.30. The van der Waals surface area contributed by atoms with Crippen molar-refractivity contribution in [3.05, 3.63) is 59.7 Å². The van der Waals surface area contributed by atoms with Crippen LogP contribution in [0, 0.1) is 23.7 Å². The largest absolute Gasteiger partial charge is 0.500 e. The van der Waals surface area contributed by atoms with Gasteiger partial charge in [-0.1, -0.05) is 52.0 Å². The molecule has 0 bridgehead atoms. The lowest BCUT2D eigenvalue weighted by molar-refractivity contribution is -0.288. The van der Waals surface area contributed by atoms with Crippen LogP contribution in [0.25, 0.3) is 0 Å². The second-order valence-corrected chi connectivity index (χ2v) is 29.1. The van der Waals surface area contributed by atoms with Gasteiger partial charge in [0.2, 0.25) is 5.41 Å². The minimum absolute atomic E-state index is 0.157. The normalized spacial score (nSPS) is 15.4. The van der Waals surface area contributed by atoms with Crippen LogP contribution in [0.2, 0.25) is 24.2 Å². The standard InChI is InChI=1S/C43H76F6N2O12Si4/c1-33(29-64(52-5,53-6)54-7)25-50(26-34(2)30-65(55-8,56-9)57-10)39-21-17-37(18-22-39)41(42(44,45)46,43(47,48)49)38-19-23-40(24-20-38)51(27-35(3)31-66(58-11,59-12)60-13)28-36(4)32-67(61-14,62-15)63-16/h17-24,33-36H,25-32H2,1-16H3. The van der Waals surface area contributed by atoms with Crippen molar-refractivity contribution in [2.75, 3.05) is 121 Å². The molecule has 0 saturated carbocycles. The predicted molar refractivity (Wildman–Crippen MR) is 253 cm³/mol. The van der Waals surface area contributed by atoms with Crippen LogP contribution >= 0.6 is 0 Å². The minimum Gasteiger partial charge on any atom is -0.377 e. The van der Waals surface area contributed by atoms with Gasteiger partial charge < -0.3 is 62.9 Å². The Labute approximate surface area is 399 Å². The Morgan fingerprint density at radius 3 is 0.687 bits per heavy atom. The van der Waals surface area contributed by atoms with Crippen molar-refractivity contribution >= 4 is 46.6 Å². The average molecular weight is 1040 g/mol. The van der Waals surface area contributed by atoms with Gasteiger partial charge in [-0.15, -0.1) is 0 Å². The molecule has 67 heavy (non-hydrogen) atoms. The molecule has 388 valence electrons. The molecule has 0 aliphatic rings. The summed E-state index contributed by atoms with van der Waals surface area (Å²) in [7, 11) is 5.62. The van der Waals surface area contributed by atoms with Crippen LogP contribution in [-0.4, -0.2) is 159 Å². The highest BCUT2D eigenvalue weighted by atomic mass is 28.4. The van der Waals surface area contributed by atoms with Gasteiger partial charge in [0.15, 0.2) is 0 Å². The van der Waals surface area contributed by atoms with Crippen molar-refractivity contribution < 1.29 is 79.5 Å². The van der Waals surface area contributed by atoms with Crippen LogP contribution in [0.5, 0.6) is 0 Å². The van der Waals surface area contributed by atoms with E-state index in [0.29, 0.717) is 61.7 Å². The highest BCUT2D eigenvalue weighted by Crippen LogP contribution is 2.56. The summed E-state index contributed by atoms with van der Waals surface area (Å²) in [6.07, 6.45) is -11.6. The molecule has 0 spiro atoms. The molecular weight excluding hydrogens is 963 g/mol. The van der Waals surface area contributed by atoms with Crippen LogP contribution in [0.1, 0.15) is 38.8 Å². The van der Waals surface area contributed by atoms with E-state index < -0.39 is 64.1 Å². The topological polar surface area (TPSA) is 117 Å². The third-order valence-corrected chi connectivity index (χ3v) is 24.7.